The highest BCUT2D eigenvalue weighted by atomic mass is 32.3. The molecule has 0 amide bonds. The van der Waals surface area contributed by atoms with Crippen molar-refractivity contribution in [3.63, 3.8) is 0 Å². The maximum absolute atomic E-state index is 12.7. The lowest BCUT2D eigenvalue weighted by Gasteiger charge is -1.99. The second-order valence-corrected chi connectivity index (χ2v) is 3.93. The molecule has 0 aromatic heterocycles. The molecule has 5 heteroatoms. The Hall–Kier alpha value is -1.20. The van der Waals surface area contributed by atoms with E-state index >= 15 is 0 Å². The first-order valence-corrected chi connectivity index (χ1v) is 5.34. The minimum Gasteiger partial charge on any atom is -0.327 e. The maximum Gasteiger partial charge on any atom is 0.332 e. The summed E-state index contributed by atoms with van der Waals surface area (Å²) in [5.74, 6) is 0. The zero-order valence-electron chi connectivity index (χ0n) is 7.35. The van der Waals surface area contributed by atoms with Gasteiger partial charge in [0.05, 0.1) is 0 Å². The Morgan fingerprint density at radius 1 is 1.36 bits per heavy atom. The van der Waals surface area contributed by atoms with E-state index in [0.29, 0.717) is 5.56 Å². The van der Waals surface area contributed by atoms with Crippen molar-refractivity contribution >= 4 is 16.3 Å². The first kappa shape index (κ1) is 10.9. The molecule has 0 saturated heterocycles. The van der Waals surface area contributed by atoms with Crippen molar-refractivity contribution in [3.05, 3.63) is 35.9 Å². The van der Waals surface area contributed by atoms with Gasteiger partial charge in [-0.25, -0.2) is 0 Å². The fourth-order valence-electron chi connectivity index (χ4n) is 1.04. The second kappa shape index (κ2) is 4.34. The molecule has 0 saturated carbocycles. The lowest BCUT2D eigenvalue weighted by Crippen LogP contribution is -1.96. The number of hydrogen-bond acceptors (Lipinski definition) is 3. The van der Waals surface area contributed by atoms with E-state index in [1.807, 2.05) is 0 Å². The highest BCUT2D eigenvalue weighted by molar-refractivity contribution is 7.86. The van der Waals surface area contributed by atoms with Crippen molar-refractivity contribution in [2.75, 3.05) is 6.54 Å². The van der Waals surface area contributed by atoms with Gasteiger partial charge in [-0.1, -0.05) is 30.4 Å². The normalized spacial score (nSPS) is 12.1. The van der Waals surface area contributed by atoms with Gasteiger partial charge in [-0.05, 0) is 11.6 Å². The van der Waals surface area contributed by atoms with Gasteiger partial charge in [0.2, 0.25) is 0 Å². The molecule has 1 aromatic rings. The van der Waals surface area contributed by atoms with E-state index in [4.69, 9.17) is 5.73 Å². The highest BCUT2D eigenvalue weighted by Gasteiger charge is 2.14. The lowest BCUT2D eigenvalue weighted by atomic mass is 10.2. The van der Waals surface area contributed by atoms with Gasteiger partial charge in [-0.15, -0.1) is 3.89 Å². The molecule has 76 valence electrons. The van der Waals surface area contributed by atoms with Crippen LogP contribution in [0.25, 0.3) is 6.08 Å². The van der Waals surface area contributed by atoms with Crippen molar-refractivity contribution in [1.29, 1.82) is 0 Å². The van der Waals surface area contributed by atoms with Crippen molar-refractivity contribution in [3.8, 4) is 0 Å². The quantitative estimate of drug-likeness (QED) is 0.773. The molecule has 0 aliphatic carbocycles. The predicted molar refractivity (Wildman–Crippen MR) is 52.8 cm³/mol. The zero-order chi connectivity index (χ0) is 10.6. The summed E-state index contributed by atoms with van der Waals surface area (Å²) < 4.78 is 34.1. The van der Waals surface area contributed by atoms with Gasteiger partial charge >= 0.3 is 10.2 Å². The molecule has 0 radical (unpaired) electrons. The summed E-state index contributed by atoms with van der Waals surface area (Å²) in [5.41, 5.74) is 5.51. The van der Waals surface area contributed by atoms with Crippen molar-refractivity contribution in [1.82, 2.24) is 0 Å². The van der Waals surface area contributed by atoms with E-state index in [1.54, 1.807) is 12.1 Å². The molecular formula is C9H10FNO2S. The Balaban J connectivity index is 3.24. The predicted octanol–water partition coefficient (Wildman–Crippen LogP) is 1.32. The van der Waals surface area contributed by atoms with Gasteiger partial charge in [0.1, 0.15) is 4.90 Å². The fraction of sp³-hybridized carbons (Fsp3) is 0.111. The zero-order valence-corrected chi connectivity index (χ0v) is 8.17. The topological polar surface area (TPSA) is 60.2 Å². The molecule has 3 nitrogen and oxygen atoms in total. The van der Waals surface area contributed by atoms with Gasteiger partial charge in [0.25, 0.3) is 0 Å². The Labute approximate surface area is 82.3 Å². The van der Waals surface area contributed by atoms with Gasteiger partial charge in [-0.2, -0.15) is 8.42 Å². The molecule has 0 aliphatic heterocycles. The molecule has 0 heterocycles. The Bertz CT molecular complexity index is 440. The molecule has 0 atom stereocenters. The molecular weight excluding hydrogens is 205 g/mol. The monoisotopic (exact) mass is 215 g/mol. The number of hydrogen-bond donors (Lipinski definition) is 1. The van der Waals surface area contributed by atoms with Crippen LogP contribution in [0, 0.1) is 0 Å². The number of halogens is 1. The molecule has 14 heavy (non-hydrogen) atoms. The third-order valence-corrected chi connectivity index (χ3v) is 2.51. The third kappa shape index (κ3) is 2.65. The average molecular weight is 215 g/mol. The highest BCUT2D eigenvalue weighted by Crippen LogP contribution is 2.18. The van der Waals surface area contributed by atoms with Crippen molar-refractivity contribution < 1.29 is 12.3 Å². The van der Waals surface area contributed by atoms with Crippen molar-refractivity contribution in [2.24, 2.45) is 5.73 Å². The van der Waals surface area contributed by atoms with Gasteiger partial charge < -0.3 is 5.73 Å². The first-order chi connectivity index (χ1) is 6.55. The smallest absolute Gasteiger partial charge is 0.327 e. The van der Waals surface area contributed by atoms with E-state index in [2.05, 4.69) is 0 Å². The van der Waals surface area contributed by atoms with E-state index in [0.717, 1.165) is 0 Å². The van der Waals surface area contributed by atoms with Crippen LogP contribution in [0.15, 0.2) is 35.2 Å². The summed E-state index contributed by atoms with van der Waals surface area (Å²) in [4.78, 5) is -0.329. The van der Waals surface area contributed by atoms with Crippen LogP contribution >= 0.6 is 0 Å². The summed E-state index contributed by atoms with van der Waals surface area (Å²) in [6.07, 6.45) is 3.04. The Morgan fingerprint density at radius 3 is 2.57 bits per heavy atom. The molecule has 1 aromatic carbocycles. The molecule has 0 bridgehead atoms. The average Bonchev–Trinajstić information content (AvgIpc) is 2.14. The summed E-state index contributed by atoms with van der Waals surface area (Å²) in [5, 5.41) is 0. The number of rotatable bonds is 3. The van der Waals surface area contributed by atoms with E-state index in [9.17, 15) is 12.3 Å². The summed E-state index contributed by atoms with van der Waals surface area (Å²) in [6, 6.07) is 5.82. The van der Waals surface area contributed by atoms with E-state index in [1.165, 1.54) is 24.3 Å². The van der Waals surface area contributed by atoms with Crippen LogP contribution in [0.2, 0.25) is 0 Å². The lowest BCUT2D eigenvalue weighted by molar-refractivity contribution is 0.552. The number of benzene rings is 1. The summed E-state index contributed by atoms with van der Waals surface area (Å²) in [7, 11) is -4.66. The molecule has 0 fully saturated rings. The molecule has 1 rings (SSSR count). The van der Waals surface area contributed by atoms with Crippen LogP contribution in [0.5, 0.6) is 0 Å². The van der Waals surface area contributed by atoms with E-state index < -0.39 is 10.2 Å². The Morgan fingerprint density at radius 2 is 2.00 bits per heavy atom. The summed E-state index contributed by atoms with van der Waals surface area (Å²) in [6.45, 7) is 0.278. The van der Waals surface area contributed by atoms with Crippen LogP contribution in [0.3, 0.4) is 0 Å². The maximum atomic E-state index is 12.7. The Kier molecular flexibility index (Phi) is 3.38. The van der Waals surface area contributed by atoms with Gasteiger partial charge in [-0.3, -0.25) is 0 Å². The first-order valence-electron chi connectivity index (χ1n) is 3.96. The van der Waals surface area contributed by atoms with Crippen LogP contribution in [0.1, 0.15) is 5.56 Å². The van der Waals surface area contributed by atoms with Gasteiger partial charge in [0.15, 0.2) is 0 Å². The molecule has 0 spiro atoms. The fourth-order valence-corrected chi connectivity index (χ4v) is 1.69. The van der Waals surface area contributed by atoms with Crippen molar-refractivity contribution in [2.45, 2.75) is 4.90 Å². The SMILES string of the molecule is NCC=Cc1ccccc1S(=O)(=O)F. The molecule has 2 N–H and O–H groups in total. The van der Waals surface area contributed by atoms with Crippen LogP contribution in [-0.4, -0.2) is 15.0 Å². The largest absolute Gasteiger partial charge is 0.332 e. The minimum absolute atomic E-state index is 0.278. The molecule has 0 unspecified atom stereocenters. The number of nitrogens with two attached hydrogens (primary N) is 1. The standard InChI is InChI=1S/C9H10FNO2S/c10-14(12,13)9-6-2-1-4-8(9)5-3-7-11/h1-6H,7,11H2. The summed E-state index contributed by atoms with van der Waals surface area (Å²) >= 11 is 0. The van der Waals surface area contributed by atoms with Crippen LogP contribution < -0.4 is 5.73 Å². The second-order valence-electron chi connectivity index (χ2n) is 2.61. The minimum atomic E-state index is -4.66. The van der Waals surface area contributed by atoms with E-state index in [-0.39, 0.29) is 11.4 Å². The molecule has 0 aliphatic rings. The van der Waals surface area contributed by atoms with Crippen LogP contribution in [-0.2, 0) is 10.2 Å². The third-order valence-electron chi connectivity index (χ3n) is 1.62. The van der Waals surface area contributed by atoms with Gasteiger partial charge in [0, 0.05) is 6.54 Å². The van der Waals surface area contributed by atoms with Crippen LogP contribution in [0.4, 0.5) is 3.89 Å².